The Kier molecular flexibility index (Phi) is 9.09. The molecule has 0 aromatic carbocycles. The van der Waals surface area contributed by atoms with Crippen LogP contribution in [-0.2, 0) is 9.53 Å². The summed E-state index contributed by atoms with van der Waals surface area (Å²) in [5.74, 6) is 1.06. The maximum absolute atomic E-state index is 11.9. The molecule has 0 bridgehead atoms. The Labute approximate surface area is 105 Å². The summed E-state index contributed by atoms with van der Waals surface area (Å²) >= 11 is 0. The molecule has 4 heteroatoms. The van der Waals surface area contributed by atoms with Crippen LogP contribution in [0.25, 0.3) is 0 Å². The van der Waals surface area contributed by atoms with Gasteiger partial charge in [0, 0.05) is 26.6 Å². The van der Waals surface area contributed by atoms with Crippen LogP contribution in [0.5, 0.6) is 0 Å². The first-order chi connectivity index (χ1) is 8.01. The summed E-state index contributed by atoms with van der Waals surface area (Å²) in [6.45, 7) is 8.82. The molecular formula is C13H28N2O2. The molecule has 17 heavy (non-hydrogen) atoms. The van der Waals surface area contributed by atoms with E-state index in [2.05, 4.69) is 13.8 Å². The van der Waals surface area contributed by atoms with Crippen molar-refractivity contribution in [2.45, 2.75) is 33.6 Å². The lowest BCUT2D eigenvalue weighted by atomic mass is 9.94. The predicted molar refractivity (Wildman–Crippen MR) is 70.7 cm³/mol. The minimum Gasteiger partial charge on any atom is -0.380 e. The summed E-state index contributed by atoms with van der Waals surface area (Å²) < 4.78 is 5.23. The molecule has 1 amide bonds. The van der Waals surface area contributed by atoms with Crippen molar-refractivity contribution in [2.75, 3.05) is 33.4 Å². The zero-order valence-electron chi connectivity index (χ0n) is 11.7. The van der Waals surface area contributed by atoms with Crippen LogP contribution in [-0.4, -0.2) is 44.2 Å². The highest BCUT2D eigenvalue weighted by Crippen LogP contribution is 2.15. The number of rotatable bonds is 9. The van der Waals surface area contributed by atoms with E-state index in [1.807, 2.05) is 14.0 Å². The van der Waals surface area contributed by atoms with Gasteiger partial charge in [-0.1, -0.05) is 13.8 Å². The Balaban J connectivity index is 3.94. The summed E-state index contributed by atoms with van der Waals surface area (Å²) in [5, 5.41) is 0. The lowest BCUT2D eigenvalue weighted by molar-refractivity contribution is -0.131. The molecular weight excluding hydrogens is 216 g/mol. The van der Waals surface area contributed by atoms with E-state index in [-0.39, 0.29) is 5.91 Å². The molecule has 4 nitrogen and oxygen atoms in total. The number of carbonyl (C=O) groups excluding carboxylic acids is 1. The van der Waals surface area contributed by atoms with Crippen molar-refractivity contribution in [2.24, 2.45) is 17.6 Å². The third-order valence-electron chi connectivity index (χ3n) is 2.80. The van der Waals surface area contributed by atoms with Crippen molar-refractivity contribution < 1.29 is 9.53 Å². The van der Waals surface area contributed by atoms with Gasteiger partial charge in [0.1, 0.15) is 0 Å². The number of hydrogen-bond donors (Lipinski definition) is 1. The molecule has 0 saturated heterocycles. The summed E-state index contributed by atoms with van der Waals surface area (Å²) in [7, 11) is 1.82. The maximum atomic E-state index is 11.9. The summed E-state index contributed by atoms with van der Waals surface area (Å²) in [5.41, 5.74) is 5.70. The third-order valence-corrected chi connectivity index (χ3v) is 2.80. The van der Waals surface area contributed by atoms with Gasteiger partial charge >= 0.3 is 0 Å². The second-order valence-corrected chi connectivity index (χ2v) is 4.95. The fraction of sp³-hybridized carbons (Fsp3) is 0.923. The molecule has 0 aliphatic heterocycles. The van der Waals surface area contributed by atoms with Gasteiger partial charge in [-0.3, -0.25) is 4.79 Å². The van der Waals surface area contributed by atoms with Gasteiger partial charge in [-0.2, -0.15) is 0 Å². The van der Waals surface area contributed by atoms with E-state index < -0.39 is 0 Å². The Morgan fingerprint density at radius 2 is 2.06 bits per heavy atom. The van der Waals surface area contributed by atoms with Gasteiger partial charge in [0.25, 0.3) is 0 Å². The van der Waals surface area contributed by atoms with Crippen LogP contribution in [0.1, 0.15) is 33.6 Å². The predicted octanol–water partition coefficient (Wildman–Crippen LogP) is 1.49. The largest absolute Gasteiger partial charge is 0.380 e. The quantitative estimate of drug-likeness (QED) is 0.625. The highest BCUT2D eigenvalue weighted by atomic mass is 16.5. The lowest BCUT2D eigenvalue weighted by Gasteiger charge is -2.21. The van der Waals surface area contributed by atoms with Crippen LogP contribution in [0.3, 0.4) is 0 Å². The monoisotopic (exact) mass is 244 g/mol. The first-order valence-corrected chi connectivity index (χ1v) is 6.53. The van der Waals surface area contributed by atoms with E-state index >= 15 is 0 Å². The van der Waals surface area contributed by atoms with Crippen LogP contribution in [0.15, 0.2) is 0 Å². The fourth-order valence-corrected chi connectivity index (χ4v) is 1.80. The average Bonchev–Trinajstić information content (AvgIpc) is 2.27. The van der Waals surface area contributed by atoms with Gasteiger partial charge in [-0.05, 0) is 31.7 Å². The maximum Gasteiger partial charge on any atom is 0.222 e. The van der Waals surface area contributed by atoms with E-state index in [9.17, 15) is 4.79 Å². The number of nitrogens with two attached hydrogens (primary N) is 1. The van der Waals surface area contributed by atoms with Crippen molar-refractivity contribution in [1.82, 2.24) is 4.90 Å². The molecule has 1 unspecified atom stereocenters. The summed E-state index contributed by atoms with van der Waals surface area (Å²) in [6.07, 6.45) is 1.57. The van der Waals surface area contributed by atoms with E-state index in [0.717, 1.165) is 6.42 Å². The minimum atomic E-state index is 0.167. The van der Waals surface area contributed by atoms with Crippen molar-refractivity contribution in [1.29, 1.82) is 0 Å². The van der Waals surface area contributed by atoms with Gasteiger partial charge in [-0.25, -0.2) is 0 Å². The Morgan fingerprint density at radius 1 is 1.41 bits per heavy atom. The van der Waals surface area contributed by atoms with Gasteiger partial charge in [0.05, 0.1) is 6.61 Å². The average molecular weight is 244 g/mol. The van der Waals surface area contributed by atoms with Gasteiger partial charge < -0.3 is 15.4 Å². The first-order valence-electron chi connectivity index (χ1n) is 6.53. The zero-order valence-corrected chi connectivity index (χ0v) is 11.7. The van der Waals surface area contributed by atoms with Gasteiger partial charge in [0.15, 0.2) is 0 Å². The number of hydrogen-bond acceptors (Lipinski definition) is 3. The SMILES string of the molecule is CCOCCN(C)C(=O)CC(CN)CC(C)C. The lowest BCUT2D eigenvalue weighted by Crippen LogP contribution is -2.33. The molecule has 1 atom stereocenters. The Morgan fingerprint density at radius 3 is 2.53 bits per heavy atom. The molecule has 0 aliphatic carbocycles. The molecule has 0 radical (unpaired) electrons. The Bertz CT molecular complexity index is 208. The Hall–Kier alpha value is -0.610. The summed E-state index contributed by atoms with van der Waals surface area (Å²) in [6, 6.07) is 0. The van der Waals surface area contributed by atoms with Crippen LogP contribution in [0.4, 0.5) is 0 Å². The number of amides is 1. The number of nitrogens with zero attached hydrogens (tertiary/aromatic N) is 1. The minimum absolute atomic E-state index is 0.167. The number of carbonyl (C=O) groups is 1. The molecule has 2 N–H and O–H groups in total. The fourth-order valence-electron chi connectivity index (χ4n) is 1.80. The molecule has 102 valence electrons. The van der Waals surface area contributed by atoms with Crippen molar-refractivity contribution in [3.8, 4) is 0 Å². The van der Waals surface area contributed by atoms with E-state index in [4.69, 9.17) is 10.5 Å². The molecule has 0 saturated carbocycles. The van der Waals surface area contributed by atoms with E-state index in [0.29, 0.717) is 44.6 Å². The smallest absolute Gasteiger partial charge is 0.222 e. The van der Waals surface area contributed by atoms with Crippen LogP contribution < -0.4 is 5.73 Å². The van der Waals surface area contributed by atoms with Crippen LogP contribution in [0.2, 0.25) is 0 Å². The zero-order chi connectivity index (χ0) is 13.3. The summed E-state index contributed by atoms with van der Waals surface area (Å²) in [4.78, 5) is 13.6. The highest BCUT2D eigenvalue weighted by Gasteiger charge is 2.16. The molecule has 0 aromatic heterocycles. The van der Waals surface area contributed by atoms with E-state index in [1.54, 1.807) is 4.90 Å². The van der Waals surface area contributed by atoms with Gasteiger partial charge in [-0.15, -0.1) is 0 Å². The van der Waals surface area contributed by atoms with Crippen molar-refractivity contribution in [3.63, 3.8) is 0 Å². The third kappa shape index (κ3) is 8.16. The number of ether oxygens (including phenoxy) is 1. The van der Waals surface area contributed by atoms with Gasteiger partial charge in [0.2, 0.25) is 5.91 Å². The normalized spacial score (nSPS) is 12.8. The number of likely N-dealkylation sites (N-methyl/N-ethyl adjacent to an activating group) is 1. The standard InChI is InChI=1S/C13H28N2O2/c1-5-17-7-6-15(4)13(16)9-12(10-14)8-11(2)3/h11-12H,5-10,14H2,1-4H3. The first kappa shape index (κ1) is 16.4. The molecule has 0 rings (SSSR count). The van der Waals surface area contributed by atoms with Crippen LogP contribution >= 0.6 is 0 Å². The second kappa shape index (κ2) is 9.42. The molecule has 0 spiro atoms. The highest BCUT2D eigenvalue weighted by molar-refractivity contribution is 5.76. The van der Waals surface area contributed by atoms with Crippen molar-refractivity contribution in [3.05, 3.63) is 0 Å². The molecule has 0 heterocycles. The molecule has 0 aromatic rings. The molecule has 0 fully saturated rings. The molecule has 0 aliphatic rings. The van der Waals surface area contributed by atoms with Crippen molar-refractivity contribution >= 4 is 5.91 Å². The topological polar surface area (TPSA) is 55.6 Å². The van der Waals surface area contributed by atoms with E-state index in [1.165, 1.54) is 0 Å². The second-order valence-electron chi connectivity index (χ2n) is 4.95. The van der Waals surface area contributed by atoms with Crippen LogP contribution in [0, 0.1) is 11.8 Å².